The lowest BCUT2D eigenvalue weighted by Gasteiger charge is -2.28. The number of nitrogens with zero attached hydrogens (tertiary/aromatic N) is 1. The second-order valence-electron chi connectivity index (χ2n) is 8.38. The van der Waals surface area contributed by atoms with Crippen LogP contribution in [-0.4, -0.2) is 98.1 Å². The summed E-state index contributed by atoms with van der Waals surface area (Å²) in [7, 11) is -3.03. The molecule has 4 fully saturated rings. The van der Waals surface area contributed by atoms with Crippen LogP contribution < -0.4 is 10.6 Å². The molecule has 3 heterocycles. The molecule has 1 saturated carbocycles. The normalized spacial score (nSPS) is 36.3. The first kappa shape index (κ1) is 20.8. The Hall–Kier alpha value is -1.43. The minimum atomic E-state index is -3.03. The average Bonchev–Trinajstić information content (AvgIpc) is 3.15. The summed E-state index contributed by atoms with van der Waals surface area (Å²) in [5, 5.41) is 16.1. The second kappa shape index (κ2) is 8.37. The number of carbonyl (C=O) groups is 2. The van der Waals surface area contributed by atoms with Crippen LogP contribution in [0.5, 0.6) is 0 Å². The summed E-state index contributed by atoms with van der Waals surface area (Å²) < 4.78 is 34.7. The molecule has 0 spiro atoms. The monoisotopic (exact) mass is 431 g/mol. The summed E-state index contributed by atoms with van der Waals surface area (Å²) in [6.07, 6.45) is 1.17. The van der Waals surface area contributed by atoms with Crippen molar-refractivity contribution >= 4 is 21.8 Å². The van der Waals surface area contributed by atoms with Crippen molar-refractivity contribution < 1.29 is 32.6 Å². The van der Waals surface area contributed by atoms with E-state index in [-0.39, 0.29) is 67.7 Å². The molecule has 3 aliphatic heterocycles. The number of fused-ring (bicyclic) bond motifs is 1. The Morgan fingerprint density at radius 3 is 2.48 bits per heavy atom. The summed E-state index contributed by atoms with van der Waals surface area (Å²) in [5.41, 5.74) is 0. The molecule has 0 bridgehead atoms. The SMILES string of the molecule is O=C(NCC1OC2CC(CC(=O)N3CCS(=O)(=O)CC3)OC2C1O)NC1CCC1. The lowest BCUT2D eigenvalue weighted by atomic mass is 9.93. The Bertz CT molecular complexity index is 728. The van der Waals surface area contributed by atoms with E-state index in [4.69, 9.17) is 9.47 Å². The molecule has 3 N–H and O–H groups in total. The maximum absolute atomic E-state index is 12.4. The van der Waals surface area contributed by atoms with Gasteiger partial charge in [-0.15, -0.1) is 0 Å². The number of amides is 3. The van der Waals surface area contributed by atoms with Crippen LogP contribution in [0, 0.1) is 0 Å². The third-order valence-electron chi connectivity index (χ3n) is 6.28. The van der Waals surface area contributed by atoms with Crippen LogP contribution in [0.1, 0.15) is 32.1 Å². The number of urea groups is 1. The standard InChI is InChI=1S/C18H29N3O7S/c22-15(21-4-6-29(25,26)7-5-21)9-12-8-13-17(27-12)16(23)14(28-13)10-19-18(24)20-11-2-1-3-11/h11-14,16-17,23H,1-10H2,(H2,19,20,24). The van der Waals surface area contributed by atoms with Gasteiger partial charge in [-0.3, -0.25) is 4.79 Å². The Morgan fingerprint density at radius 2 is 1.86 bits per heavy atom. The number of hydrogen-bond donors (Lipinski definition) is 3. The van der Waals surface area contributed by atoms with Crippen LogP contribution in [0.25, 0.3) is 0 Å². The van der Waals surface area contributed by atoms with Crippen molar-refractivity contribution in [2.45, 2.75) is 68.7 Å². The van der Waals surface area contributed by atoms with Crippen molar-refractivity contribution in [2.24, 2.45) is 0 Å². The van der Waals surface area contributed by atoms with Crippen LogP contribution >= 0.6 is 0 Å². The highest BCUT2D eigenvalue weighted by Gasteiger charge is 2.50. The van der Waals surface area contributed by atoms with Crippen molar-refractivity contribution in [1.29, 1.82) is 0 Å². The fraction of sp³-hybridized carbons (Fsp3) is 0.889. The molecule has 164 valence electrons. The first-order valence-corrected chi connectivity index (χ1v) is 12.1. The predicted molar refractivity (Wildman–Crippen MR) is 102 cm³/mol. The number of ether oxygens (including phenoxy) is 2. The van der Waals surface area contributed by atoms with Gasteiger partial charge in [0, 0.05) is 32.1 Å². The number of rotatable bonds is 5. The molecule has 10 nitrogen and oxygen atoms in total. The smallest absolute Gasteiger partial charge is 0.315 e. The molecule has 4 rings (SSSR count). The van der Waals surface area contributed by atoms with Crippen LogP contribution in [0.3, 0.4) is 0 Å². The van der Waals surface area contributed by atoms with E-state index in [9.17, 15) is 23.1 Å². The fourth-order valence-electron chi connectivity index (χ4n) is 4.28. The van der Waals surface area contributed by atoms with E-state index in [0.717, 1.165) is 19.3 Å². The summed E-state index contributed by atoms with van der Waals surface area (Å²) in [5.74, 6) is -0.133. The van der Waals surface area contributed by atoms with E-state index >= 15 is 0 Å². The van der Waals surface area contributed by atoms with E-state index in [1.165, 1.54) is 0 Å². The molecule has 11 heteroatoms. The van der Waals surface area contributed by atoms with Crippen molar-refractivity contribution in [3.05, 3.63) is 0 Å². The van der Waals surface area contributed by atoms with E-state index < -0.39 is 28.1 Å². The van der Waals surface area contributed by atoms with Crippen LogP contribution in [0.2, 0.25) is 0 Å². The number of carbonyl (C=O) groups excluding carboxylic acids is 2. The van der Waals surface area contributed by atoms with Gasteiger partial charge in [0.25, 0.3) is 0 Å². The highest BCUT2D eigenvalue weighted by molar-refractivity contribution is 7.91. The molecule has 0 aromatic rings. The van der Waals surface area contributed by atoms with Crippen molar-refractivity contribution in [2.75, 3.05) is 31.1 Å². The Labute approximate surface area is 170 Å². The molecule has 1 aliphatic carbocycles. The van der Waals surface area contributed by atoms with Crippen LogP contribution in [0.4, 0.5) is 4.79 Å². The van der Waals surface area contributed by atoms with Gasteiger partial charge in [0.05, 0.1) is 30.1 Å². The van der Waals surface area contributed by atoms with E-state index in [2.05, 4.69) is 10.6 Å². The number of hydrogen-bond acceptors (Lipinski definition) is 7. The van der Waals surface area contributed by atoms with E-state index in [1.807, 2.05) is 0 Å². The predicted octanol–water partition coefficient (Wildman–Crippen LogP) is -1.23. The van der Waals surface area contributed by atoms with Gasteiger partial charge >= 0.3 is 6.03 Å². The number of aliphatic hydroxyl groups is 1. The average molecular weight is 432 g/mol. The van der Waals surface area contributed by atoms with Gasteiger partial charge in [0.1, 0.15) is 18.3 Å². The first-order chi connectivity index (χ1) is 13.8. The van der Waals surface area contributed by atoms with Gasteiger partial charge in [-0.2, -0.15) is 0 Å². The van der Waals surface area contributed by atoms with Gasteiger partial charge < -0.3 is 30.1 Å². The molecule has 3 amide bonds. The van der Waals surface area contributed by atoms with Gasteiger partial charge in [-0.05, 0) is 19.3 Å². The summed E-state index contributed by atoms with van der Waals surface area (Å²) in [4.78, 5) is 25.8. The molecule has 0 radical (unpaired) electrons. The van der Waals surface area contributed by atoms with E-state index in [0.29, 0.717) is 6.42 Å². The molecule has 29 heavy (non-hydrogen) atoms. The highest BCUT2D eigenvalue weighted by Crippen LogP contribution is 2.35. The molecular weight excluding hydrogens is 402 g/mol. The maximum atomic E-state index is 12.4. The molecule has 5 unspecified atom stereocenters. The topological polar surface area (TPSA) is 134 Å². The third kappa shape index (κ3) is 4.84. The molecule has 0 aromatic heterocycles. The minimum Gasteiger partial charge on any atom is -0.388 e. The van der Waals surface area contributed by atoms with Gasteiger partial charge in [-0.1, -0.05) is 0 Å². The lowest BCUT2D eigenvalue weighted by Crippen LogP contribution is -2.48. The zero-order chi connectivity index (χ0) is 20.6. The number of sulfone groups is 1. The first-order valence-electron chi connectivity index (χ1n) is 10.3. The molecule has 5 atom stereocenters. The molecule has 0 aromatic carbocycles. The number of aliphatic hydroxyl groups excluding tert-OH is 1. The minimum absolute atomic E-state index is 0.000340. The largest absolute Gasteiger partial charge is 0.388 e. The van der Waals surface area contributed by atoms with Gasteiger partial charge in [-0.25, -0.2) is 13.2 Å². The van der Waals surface area contributed by atoms with Gasteiger partial charge in [0.15, 0.2) is 9.84 Å². The zero-order valence-electron chi connectivity index (χ0n) is 16.3. The lowest BCUT2D eigenvalue weighted by molar-refractivity contribution is -0.134. The maximum Gasteiger partial charge on any atom is 0.315 e. The zero-order valence-corrected chi connectivity index (χ0v) is 17.1. The molecule has 3 saturated heterocycles. The van der Waals surface area contributed by atoms with Crippen LogP contribution in [-0.2, 0) is 24.1 Å². The quantitative estimate of drug-likeness (QED) is 0.496. The Morgan fingerprint density at radius 1 is 1.14 bits per heavy atom. The van der Waals surface area contributed by atoms with Gasteiger partial charge in [0.2, 0.25) is 5.91 Å². The third-order valence-corrected chi connectivity index (χ3v) is 7.89. The number of nitrogens with one attached hydrogen (secondary N) is 2. The molecular formula is C18H29N3O7S. The van der Waals surface area contributed by atoms with Crippen molar-refractivity contribution in [3.63, 3.8) is 0 Å². The van der Waals surface area contributed by atoms with Crippen LogP contribution in [0.15, 0.2) is 0 Å². The van der Waals surface area contributed by atoms with Crippen molar-refractivity contribution in [1.82, 2.24) is 15.5 Å². The summed E-state index contributed by atoms with van der Waals surface area (Å²) in [6.45, 7) is 0.634. The highest BCUT2D eigenvalue weighted by atomic mass is 32.2. The summed E-state index contributed by atoms with van der Waals surface area (Å²) >= 11 is 0. The van der Waals surface area contributed by atoms with Crippen molar-refractivity contribution in [3.8, 4) is 0 Å². The molecule has 4 aliphatic rings. The fourth-order valence-corrected chi connectivity index (χ4v) is 5.48. The Balaban J connectivity index is 1.19. The second-order valence-corrected chi connectivity index (χ2v) is 10.7. The van der Waals surface area contributed by atoms with E-state index in [1.54, 1.807) is 4.90 Å². The summed E-state index contributed by atoms with van der Waals surface area (Å²) in [6, 6.07) is -0.0130. The Kier molecular flexibility index (Phi) is 6.01.